The molecular formula is C24H38ClN3O4. The van der Waals surface area contributed by atoms with E-state index < -0.39 is 12.1 Å². The van der Waals surface area contributed by atoms with E-state index in [-0.39, 0.29) is 31.3 Å². The molecule has 0 aliphatic rings. The van der Waals surface area contributed by atoms with E-state index in [2.05, 4.69) is 24.5 Å². The molecule has 0 aliphatic heterocycles. The van der Waals surface area contributed by atoms with Gasteiger partial charge in [-0.2, -0.15) is 0 Å². The molecule has 2 N–H and O–H groups in total. The van der Waals surface area contributed by atoms with E-state index in [9.17, 15) is 14.4 Å². The van der Waals surface area contributed by atoms with Crippen LogP contribution in [-0.4, -0.2) is 48.5 Å². The molecule has 0 aliphatic carbocycles. The zero-order chi connectivity index (χ0) is 23.8. The van der Waals surface area contributed by atoms with Gasteiger partial charge in [0.05, 0.1) is 6.61 Å². The smallest absolute Gasteiger partial charge is 0.319 e. The van der Waals surface area contributed by atoms with Crippen LogP contribution < -0.4 is 10.6 Å². The van der Waals surface area contributed by atoms with Crippen molar-refractivity contribution >= 4 is 35.2 Å². The Hall–Kier alpha value is -2.28. The molecule has 1 aromatic carbocycles. The first-order chi connectivity index (χ1) is 15.4. The molecule has 32 heavy (non-hydrogen) atoms. The van der Waals surface area contributed by atoms with Gasteiger partial charge in [-0.1, -0.05) is 51.1 Å². The Morgan fingerprint density at radius 1 is 0.969 bits per heavy atom. The first-order valence-electron chi connectivity index (χ1n) is 11.7. The Bertz CT molecular complexity index is 687. The molecule has 7 nitrogen and oxygen atoms in total. The maximum absolute atomic E-state index is 13.3. The van der Waals surface area contributed by atoms with Gasteiger partial charge >= 0.3 is 12.0 Å². The predicted molar refractivity (Wildman–Crippen MR) is 129 cm³/mol. The van der Waals surface area contributed by atoms with Gasteiger partial charge in [0, 0.05) is 30.2 Å². The third kappa shape index (κ3) is 11.4. The van der Waals surface area contributed by atoms with Crippen LogP contribution in [-0.2, 0) is 14.3 Å². The fourth-order valence-corrected chi connectivity index (χ4v) is 3.40. The molecule has 0 saturated heterocycles. The first-order valence-corrected chi connectivity index (χ1v) is 12.1. The molecule has 180 valence electrons. The van der Waals surface area contributed by atoms with Crippen molar-refractivity contribution in [3.63, 3.8) is 0 Å². The SMILES string of the molecule is CCCCCN(CCCCC)C(=O)[C@@H](CCC(=O)OCC)NC(=O)Nc1ccc(Cl)cc1. The highest BCUT2D eigenvalue weighted by molar-refractivity contribution is 6.30. The number of carbonyl (C=O) groups is 3. The van der Waals surface area contributed by atoms with Crippen LogP contribution in [0.2, 0.25) is 5.02 Å². The highest BCUT2D eigenvalue weighted by Crippen LogP contribution is 2.14. The summed E-state index contributed by atoms with van der Waals surface area (Å²) in [4.78, 5) is 39.6. The first kappa shape index (κ1) is 27.8. The van der Waals surface area contributed by atoms with Gasteiger partial charge in [0.15, 0.2) is 0 Å². The summed E-state index contributed by atoms with van der Waals surface area (Å²) in [6.07, 6.45) is 6.26. The van der Waals surface area contributed by atoms with E-state index in [0.29, 0.717) is 23.8 Å². The molecular weight excluding hydrogens is 430 g/mol. The largest absolute Gasteiger partial charge is 0.466 e. The fraction of sp³-hybridized carbons (Fsp3) is 0.625. The number of unbranched alkanes of at least 4 members (excludes halogenated alkanes) is 4. The van der Waals surface area contributed by atoms with Crippen LogP contribution in [0, 0.1) is 0 Å². The second-order valence-electron chi connectivity index (χ2n) is 7.74. The van der Waals surface area contributed by atoms with E-state index in [1.165, 1.54) is 0 Å². The highest BCUT2D eigenvalue weighted by Gasteiger charge is 2.26. The number of nitrogens with one attached hydrogen (secondary N) is 2. The van der Waals surface area contributed by atoms with Crippen LogP contribution in [0.4, 0.5) is 10.5 Å². The van der Waals surface area contributed by atoms with Crippen LogP contribution in [0.3, 0.4) is 0 Å². The second kappa shape index (κ2) is 16.4. The van der Waals surface area contributed by atoms with E-state index >= 15 is 0 Å². The lowest BCUT2D eigenvalue weighted by atomic mass is 10.1. The van der Waals surface area contributed by atoms with Crippen LogP contribution in [0.15, 0.2) is 24.3 Å². The molecule has 0 spiro atoms. The lowest BCUT2D eigenvalue weighted by Gasteiger charge is -2.28. The van der Waals surface area contributed by atoms with Gasteiger partial charge in [0.1, 0.15) is 6.04 Å². The maximum Gasteiger partial charge on any atom is 0.319 e. The molecule has 1 atom stereocenters. The fourth-order valence-electron chi connectivity index (χ4n) is 3.27. The molecule has 0 radical (unpaired) electrons. The van der Waals surface area contributed by atoms with E-state index in [1.54, 1.807) is 31.2 Å². The number of urea groups is 1. The van der Waals surface area contributed by atoms with Crippen LogP contribution in [0.5, 0.6) is 0 Å². The Morgan fingerprint density at radius 2 is 1.56 bits per heavy atom. The van der Waals surface area contributed by atoms with E-state index in [1.807, 2.05) is 4.90 Å². The number of anilines is 1. The highest BCUT2D eigenvalue weighted by atomic mass is 35.5. The van der Waals surface area contributed by atoms with Crippen molar-refractivity contribution < 1.29 is 19.1 Å². The number of nitrogens with zero attached hydrogens (tertiary/aromatic N) is 1. The van der Waals surface area contributed by atoms with Gasteiger partial charge in [-0.3, -0.25) is 9.59 Å². The summed E-state index contributed by atoms with van der Waals surface area (Å²) in [7, 11) is 0. The Balaban J connectivity index is 2.88. The normalized spacial score (nSPS) is 11.5. The summed E-state index contributed by atoms with van der Waals surface area (Å²) in [5, 5.41) is 6.04. The Kier molecular flexibility index (Phi) is 14.2. The molecule has 0 unspecified atom stereocenters. The molecule has 0 fully saturated rings. The molecule has 0 saturated carbocycles. The van der Waals surface area contributed by atoms with Crippen molar-refractivity contribution in [1.29, 1.82) is 0 Å². The summed E-state index contributed by atoms with van der Waals surface area (Å²) in [5.41, 5.74) is 0.561. The van der Waals surface area contributed by atoms with Gasteiger partial charge < -0.3 is 20.3 Å². The van der Waals surface area contributed by atoms with Gasteiger partial charge in [-0.15, -0.1) is 0 Å². The lowest BCUT2D eigenvalue weighted by Crippen LogP contribution is -2.50. The summed E-state index contributed by atoms with van der Waals surface area (Å²) in [6.45, 7) is 7.55. The third-order valence-electron chi connectivity index (χ3n) is 5.02. The van der Waals surface area contributed by atoms with E-state index in [4.69, 9.17) is 16.3 Å². The average molecular weight is 468 g/mol. The van der Waals surface area contributed by atoms with Gasteiger partial charge in [0.2, 0.25) is 5.91 Å². The minimum atomic E-state index is -0.810. The summed E-state index contributed by atoms with van der Waals surface area (Å²) in [5.74, 6) is -0.540. The van der Waals surface area contributed by atoms with Crippen LogP contribution in [0.1, 0.15) is 72.1 Å². The zero-order valence-corrected chi connectivity index (χ0v) is 20.4. The molecule has 0 bridgehead atoms. The predicted octanol–water partition coefficient (Wildman–Crippen LogP) is 5.38. The number of hydrogen-bond donors (Lipinski definition) is 2. The lowest BCUT2D eigenvalue weighted by molar-refractivity contribution is -0.143. The molecule has 1 rings (SSSR count). The average Bonchev–Trinajstić information content (AvgIpc) is 2.77. The molecule has 3 amide bonds. The van der Waals surface area contributed by atoms with Crippen LogP contribution in [0.25, 0.3) is 0 Å². The molecule has 8 heteroatoms. The van der Waals surface area contributed by atoms with Gasteiger partial charge in [-0.05, 0) is 50.5 Å². The number of carbonyl (C=O) groups excluding carboxylic acids is 3. The van der Waals surface area contributed by atoms with Crippen molar-refractivity contribution in [2.24, 2.45) is 0 Å². The van der Waals surface area contributed by atoms with Gasteiger partial charge in [-0.25, -0.2) is 4.79 Å². The van der Waals surface area contributed by atoms with Crippen molar-refractivity contribution in [2.45, 2.75) is 78.2 Å². The number of benzene rings is 1. The van der Waals surface area contributed by atoms with Gasteiger partial charge in [0.25, 0.3) is 0 Å². The monoisotopic (exact) mass is 467 g/mol. The number of esters is 1. The number of halogens is 1. The minimum absolute atomic E-state index is 0.0588. The van der Waals surface area contributed by atoms with Crippen molar-refractivity contribution in [3.05, 3.63) is 29.3 Å². The Labute approximate surface area is 197 Å². The number of amides is 3. The third-order valence-corrected chi connectivity index (χ3v) is 5.27. The summed E-state index contributed by atoms with van der Waals surface area (Å²) < 4.78 is 5.00. The number of hydrogen-bond acceptors (Lipinski definition) is 4. The minimum Gasteiger partial charge on any atom is -0.466 e. The topological polar surface area (TPSA) is 87.7 Å². The number of rotatable bonds is 15. The zero-order valence-electron chi connectivity index (χ0n) is 19.6. The quantitative estimate of drug-likeness (QED) is 0.267. The molecule has 1 aromatic rings. The standard InChI is InChI=1S/C24H38ClN3O4/c1-4-7-9-17-28(18-10-8-5-2)23(30)21(15-16-22(29)32-6-3)27-24(31)26-20-13-11-19(25)12-14-20/h11-14,21H,4-10,15-18H2,1-3H3,(H2,26,27,31)/t21-/m1/s1. The summed E-state index contributed by atoms with van der Waals surface area (Å²) >= 11 is 5.89. The number of ether oxygens (including phenoxy) is 1. The maximum atomic E-state index is 13.3. The van der Waals surface area contributed by atoms with Crippen LogP contribution >= 0.6 is 11.6 Å². The van der Waals surface area contributed by atoms with Crippen molar-refractivity contribution in [2.75, 3.05) is 25.0 Å². The van der Waals surface area contributed by atoms with Crippen molar-refractivity contribution in [3.8, 4) is 0 Å². The summed E-state index contributed by atoms with van der Waals surface area (Å²) in [6, 6.07) is 5.39. The second-order valence-corrected chi connectivity index (χ2v) is 8.18. The van der Waals surface area contributed by atoms with E-state index in [0.717, 1.165) is 38.5 Å². The van der Waals surface area contributed by atoms with Crippen molar-refractivity contribution in [1.82, 2.24) is 10.2 Å². The Morgan fingerprint density at radius 3 is 2.09 bits per heavy atom. The molecule has 0 aromatic heterocycles. The molecule has 0 heterocycles.